The molecule has 0 bridgehead atoms. The van der Waals surface area contributed by atoms with Crippen molar-refractivity contribution < 1.29 is 9.90 Å². The number of nitrogens with two attached hydrogens (primary N) is 1. The Balaban J connectivity index is 2.96. The Morgan fingerprint density at radius 1 is 1.59 bits per heavy atom. The first-order valence-electron chi connectivity index (χ1n) is 5.10. The topological polar surface area (TPSA) is 104 Å². The van der Waals surface area contributed by atoms with Crippen molar-refractivity contribution in [2.24, 2.45) is 5.84 Å². The lowest BCUT2D eigenvalue weighted by Crippen LogP contribution is -2.47. The van der Waals surface area contributed by atoms with Gasteiger partial charge in [0.05, 0.1) is 24.5 Å². The fourth-order valence-electron chi connectivity index (χ4n) is 1.09. The minimum Gasteiger partial charge on any atom is -0.394 e. The second kappa shape index (κ2) is 5.07. The highest BCUT2D eigenvalue weighted by Gasteiger charge is 2.28. The number of nitrogens with one attached hydrogen (secondary N) is 1. The molecule has 0 aliphatic heterocycles. The first-order valence-corrected chi connectivity index (χ1v) is 5.10. The third-order valence-electron chi connectivity index (χ3n) is 2.60. The first kappa shape index (κ1) is 13.3. The highest BCUT2D eigenvalue weighted by Crippen LogP contribution is 2.14. The average Bonchev–Trinajstić information content (AvgIpc) is 2.37. The Hall–Kier alpha value is -1.73. The smallest absolute Gasteiger partial charge is 0.274 e. The summed E-state index contributed by atoms with van der Waals surface area (Å²) in [5.74, 6) is 5.18. The Morgan fingerprint density at radius 3 is 2.76 bits per heavy atom. The number of hydrogen-bond acceptors (Lipinski definition) is 6. The molecule has 1 heterocycles. The predicted molar refractivity (Wildman–Crippen MR) is 63.1 cm³/mol. The van der Waals surface area contributed by atoms with Crippen molar-refractivity contribution in [2.45, 2.75) is 19.4 Å². The molecule has 0 saturated carbocycles. The van der Waals surface area contributed by atoms with Gasteiger partial charge >= 0.3 is 0 Å². The van der Waals surface area contributed by atoms with Crippen LogP contribution >= 0.6 is 0 Å². The Labute approximate surface area is 99.6 Å². The van der Waals surface area contributed by atoms with Gasteiger partial charge in [-0.1, -0.05) is 0 Å². The summed E-state index contributed by atoms with van der Waals surface area (Å²) in [5, 5.41) is 9.20. The molecule has 7 heteroatoms. The summed E-state index contributed by atoms with van der Waals surface area (Å²) >= 11 is 0. The zero-order valence-corrected chi connectivity index (χ0v) is 10.1. The maximum atomic E-state index is 12.1. The van der Waals surface area contributed by atoms with E-state index in [1.165, 1.54) is 17.3 Å². The predicted octanol–water partition coefficient (Wildman–Crippen LogP) is -0.395. The molecule has 0 saturated heterocycles. The third-order valence-corrected chi connectivity index (χ3v) is 2.60. The molecule has 0 radical (unpaired) electrons. The minimum absolute atomic E-state index is 0.141. The van der Waals surface area contributed by atoms with Crippen molar-refractivity contribution in [3.05, 3.63) is 18.1 Å². The van der Waals surface area contributed by atoms with Crippen LogP contribution in [0.1, 0.15) is 24.3 Å². The van der Waals surface area contributed by atoms with Crippen molar-refractivity contribution in [2.75, 3.05) is 19.1 Å². The standard InChI is InChI=1S/C10H17N5O2/c1-10(2,6-16)15(3)9(17)7-4-12-5-8(13-7)14-11/h4-5,16H,6,11H2,1-3H3,(H,13,14). The van der Waals surface area contributed by atoms with Crippen LogP contribution in [0.4, 0.5) is 5.82 Å². The van der Waals surface area contributed by atoms with Crippen LogP contribution in [0.25, 0.3) is 0 Å². The van der Waals surface area contributed by atoms with Crippen LogP contribution in [0, 0.1) is 0 Å². The quantitative estimate of drug-likeness (QED) is 0.488. The average molecular weight is 239 g/mol. The maximum Gasteiger partial charge on any atom is 0.274 e. The first-order chi connectivity index (χ1) is 7.92. The number of rotatable bonds is 4. The number of amides is 1. The molecule has 0 aliphatic rings. The van der Waals surface area contributed by atoms with E-state index < -0.39 is 5.54 Å². The van der Waals surface area contributed by atoms with E-state index in [2.05, 4.69) is 15.4 Å². The van der Waals surface area contributed by atoms with E-state index >= 15 is 0 Å². The van der Waals surface area contributed by atoms with E-state index in [4.69, 9.17) is 5.84 Å². The number of aliphatic hydroxyl groups excluding tert-OH is 1. The molecular weight excluding hydrogens is 222 g/mol. The van der Waals surface area contributed by atoms with Crippen LogP contribution in [0.2, 0.25) is 0 Å². The molecule has 7 nitrogen and oxygen atoms in total. The van der Waals surface area contributed by atoms with Gasteiger partial charge < -0.3 is 15.4 Å². The number of aromatic nitrogens is 2. The van der Waals surface area contributed by atoms with E-state index in [0.717, 1.165) is 0 Å². The van der Waals surface area contributed by atoms with Crippen molar-refractivity contribution in [1.82, 2.24) is 14.9 Å². The van der Waals surface area contributed by atoms with Crippen LogP contribution < -0.4 is 11.3 Å². The van der Waals surface area contributed by atoms with E-state index in [0.29, 0.717) is 5.82 Å². The van der Waals surface area contributed by atoms with Gasteiger partial charge in [0, 0.05) is 7.05 Å². The lowest BCUT2D eigenvalue weighted by Gasteiger charge is -2.33. The highest BCUT2D eigenvalue weighted by atomic mass is 16.3. The molecule has 4 N–H and O–H groups in total. The molecule has 1 rings (SSSR count). The Kier molecular flexibility index (Phi) is 3.97. The molecule has 0 atom stereocenters. The summed E-state index contributed by atoms with van der Waals surface area (Å²) in [6.45, 7) is 3.37. The van der Waals surface area contributed by atoms with Crippen LogP contribution in [0.15, 0.2) is 12.4 Å². The number of hydrogen-bond donors (Lipinski definition) is 3. The largest absolute Gasteiger partial charge is 0.394 e. The summed E-state index contributed by atoms with van der Waals surface area (Å²) < 4.78 is 0. The van der Waals surface area contributed by atoms with Crippen molar-refractivity contribution >= 4 is 11.7 Å². The van der Waals surface area contributed by atoms with Crippen molar-refractivity contribution in [3.8, 4) is 0 Å². The van der Waals surface area contributed by atoms with E-state index in [1.807, 2.05) is 0 Å². The van der Waals surface area contributed by atoms with Crippen LogP contribution in [0.5, 0.6) is 0 Å². The van der Waals surface area contributed by atoms with Gasteiger partial charge in [0.2, 0.25) is 0 Å². The Bertz CT molecular complexity index is 407. The second-order valence-electron chi connectivity index (χ2n) is 4.27. The van der Waals surface area contributed by atoms with Crippen LogP contribution in [-0.4, -0.2) is 45.1 Å². The van der Waals surface area contributed by atoms with Gasteiger partial charge in [-0.25, -0.2) is 10.8 Å². The number of hydrazine groups is 1. The summed E-state index contributed by atoms with van der Waals surface area (Å²) in [7, 11) is 1.60. The second-order valence-corrected chi connectivity index (χ2v) is 4.27. The molecule has 1 amide bonds. The fourth-order valence-corrected chi connectivity index (χ4v) is 1.09. The van der Waals surface area contributed by atoms with Gasteiger partial charge in [0.15, 0.2) is 5.82 Å². The molecule has 0 fully saturated rings. The van der Waals surface area contributed by atoms with Crippen molar-refractivity contribution in [3.63, 3.8) is 0 Å². The van der Waals surface area contributed by atoms with Gasteiger partial charge in [0.1, 0.15) is 5.69 Å². The number of nitrogen functional groups attached to an aromatic ring is 1. The number of aliphatic hydroxyl groups is 1. The molecular formula is C10H17N5O2. The van der Waals surface area contributed by atoms with Crippen LogP contribution in [-0.2, 0) is 0 Å². The van der Waals surface area contributed by atoms with Crippen molar-refractivity contribution in [1.29, 1.82) is 0 Å². The minimum atomic E-state index is -0.662. The SMILES string of the molecule is CN(C(=O)c1cncc(NN)n1)C(C)(C)CO. The summed E-state index contributed by atoms with van der Waals surface area (Å²) in [5.41, 5.74) is 1.83. The lowest BCUT2D eigenvalue weighted by atomic mass is 10.0. The zero-order chi connectivity index (χ0) is 13.1. The molecule has 0 spiro atoms. The maximum absolute atomic E-state index is 12.1. The normalized spacial score (nSPS) is 11.1. The zero-order valence-electron chi connectivity index (χ0n) is 10.1. The van der Waals surface area contributed by atoms with Gasteiger partial charge in [-0.15, -0.1) is 0 Å². The van der Waals surface area contributed by atoms with Gasteiger partial charge in [-0.3, -0.25) is 9.78 Å². The highest BCUT2D eigenvalue weighted by molar-refractivity contribution is 5.92. The summed E-state index contributed by atoms with van der Waals surface area (Å²) in [6.07, 6.45) is 2.76. The molecule has 0 aromatic carbocycles. The van der Waals surface area contributed by atoms with Gasteiger partial charge in [0.25, 0.3) is 5.91 Å². The van der Waals surface area contributed by atoms with E-state index in [-0.39, 0.29) is 18.2 Å². The monoisotopic (exact) mass is 239 g/mol. The molecule has 0 unspecified atom stereocenters. The van der Waals surface area contributed by atoms with E-state index in [9.17, 15) is 9.90 Å². The van der Waals surface area contributed by atoms with E-state index in [1.54, 1.807) is 20.9 Å². The fraction of sp³-hybridized carbons (Fsp3) is 0.500. The number of nitrogens with zero attached hydrogens (tertiary/aromatic N) is 3. The molecule has 17 heavy (non-hydrogen) atoms. The Morgan fingerprint density at radius 2 is 2.24 bits per heavy atom. The number of carbonyl (C=O) groups excluding carboxylic acids is 1. The summed E-state index contributed by atoms with van der Waals surface area (Å²) in [6, 6.07) is 0. The number of likely N-dealkylation sites (N-methyl/N-ethyl adjacent to an activating group) is 1. The summed E-state index contributed by atoms with van der Waals surface area (Å²) in [4.78, 5) is 21.3. The molecule has 94 valence electrons. The lowest BCUT2D eigenvalue weighted by molar-refractivity contribution is 0.0467. The van der Waals surface area contributed by atoms with Gasteiger partial charge in [-0.2, -0.15) is 0 Å². The van der Waals surface area contributed by atoms with Crippen LogP contribution in [0.3, 0.4) is 0 Å². The number of carbonyl (C=O) groups is 1. The molecule has 0 aliphatic carbocycles. The molecule has 1 aromatic heterocycles. The third kappa shape index (κ3) is 2.89. The van der Waals surface area contributed by atoms with Gasteiger partial charge in [-0.05, 0) is 13.8 Å². The number of anilines is 1. The molecule has 1 aromatic rings.